The standard InChI is InChI=1S/C18H24N2O4/c1-13(2)7-9-20-10-8-14-15(20)5-4-6-16(14)24-12-17(21)19-11-18(22)23-3/h4-6,8,10,13H,7,9,11-12H2,1-3H3,(H,19,21). The highest BCUT2D eigenvalue weighted by atomic mass is 16.5. The Morgan fingerprint density at radius 3 is 2.75 bits per heavy atom. The minimum Gasteiger partial charge on any atom is -0.483 e. The highest BCUT2D eigenvalue weighted by Crippen LogP contribution is 2.27. The van der Waals surface area contributed by atoms with Crippen LogP contribution >= 0.6 is 0 Å². The number of nitrogens with one attached hydrogen (secondary N) is 1. The number of aromatic nitrogens is 1. The van der Waals surface area contributed by atoms with E-state index in [1.165, 1.54) is 7.11 Å². The molecule has 1 heterocycles. The fraction of sp³-hybridized carbons (Fsp3) is 0.444. The van der Waals surface area contributed by atoms with Gasteiger partial charge in [0.25, 0.3) is 5.91 Å². The van der Waals surface area contributed by atoms with Gasteiger partial charge in [-0.05, 0) is 30.5 Å². The molecule has 1 amide bonds. The number of aryl methyl sites for hydroxylation is 1. The van der Waals surface area contributed by atoms with E-state index in [1.807, 2.05) is 30.5 Å². The first kappa shape index (κ1) is 17.8. The van der Waals surface area contributed by atoms with E-state index < -0.39 is 5.97 Å². The van der Waals surface area contributed by atoms with E-state index in [4.69, 9.17) is 4.74 Å². The van der Waals surface area contributed by atoms with Crippen LogP contribution in [0.4, 0.5) is 0 Å². The van der Waals surface area contributed by atoms with E-state index in [9.17, 15) is 9.59 Å². The van der Waals surface area contributed by atoms with E-state index in [-0.39, 0.29) is 19.1 Å². The van der Waals surface area contributed by atoms with Gasteiger partial charge in [0.05, 0.1) is 12.6 Å². The number of amides is 1. The summed E-state index contributed by atoms with van der Waals surface area (Å²) in [4.78, 5) is 22.7. The van der Waals surface area contributed by atoms with Crippen molar-refractivity contribution in [2.75, 3.05) is 20.3 Å². The molecule has 1 aromatic carbocycles. The van der Waals surface area contributed by atoms with E-state index in [2.05, 4.69) is 28.5 Å². The predicted molar refractivity (Wildman–Crippen MR) is 91.9 cm³/mol. The first-order chi connectivity index (χ1) is 11.5. The molecule has 0 aliphatic rings. The van der Waals surface area contributed by atoms with Gasteiger partial charge in [0.15, 0.2) is 6.61 Å². The van der Waals surface area contributed by atoms with Crippen LogP contribution in [0.1, 0.15) is 20.3 Å². The number of benzene rings is 1. The molecule has 0 atom stereocenters. The maximum absolute atomic E-state index is 11.7. The number of carbonyl (C=O) groups is 2. The summed E-state index contributed by atoms with van der Waals surface area (Å²) in [5.74, 6) is 0.439. The maximum Gasteiger partial charge on any atom is 0.325 e. The van der Waals surface area contributed by atoms with Crippen LogP contribution in [-0.4, -0.2) is 36.7 Å². The van der Waals surface area contributed by atoms with Crippen LogP contribution in [-0.2, 0) is 20.9 Å². The van der Waals surface area contributed by atoms with Crippen LogP contribution < -0.4 is 10.1 Å². The molecule has 0 aliphatic heterocycles. The molecule has 1 aromatic heterocycles. The van der Waals surface area contributed by atoms with Gasteiger partial charge in [-0.15, -0.1) is 0 Å². The molecule has 0 saturated carbocycles. The van der Waals surface area contributed by atoms with Crippen LogP contribution in [0.15, 0.2) is 30.5 Å². The Kier molecular flexibility index (Phi) is 6.23. The molecular formula is C18H24N2O4. The fourth-order valence-corrected chi connectivity index (χ4v) is 2.35. The van der Waals surface area contributed by atoms with Crippen molar-refractivity contribution in [1.82, 2.24) is 9.88 Å². The summed E-state index contributed by atoms with van der Waals surface area (Å²) in [6.07, 6.45) is 3.14. The largest absolute Gasteiger partial charge is 0.483 e. The lowest BCUT2D eigenvalue weighted by molar-refractivity contribution is -0.141. The van der Waals surface area contributed by atoms with E-state index >= 15 is 0 Å². The van der Waals surface area contributed by atoms with Crippen molar-refractivity contribution < 1.29 is 19.1 Å². The topological polar surface area (TPSA) is 69.6 Å². The van der Waals surface area contributed by atoms with Crippen molar-refractivity contribution in [1.29, 1.82) is 0 Å². The SMILES string of the molecule is COC(=O)CNC(=O)COc1cccc2c1ccn2CCC(C)C. The monoisotopic (exact) mass is 332 g/mol. The summed E-state index contributed by atoms with van der Waals surface area (Å²) in [6, 6.07) is 7.79. The number of methoxy groups -OCH3 is 1. The van der Waals surface area contributed by atoms with Gasteiger partial charge >= 0.3 is 5.97 Å². The minimum atomic E-state index is -0.493. The lowest BCUT2D eigenvalue weighted by atomic mass is 10.1. The second kappa shape index (κ2) is 8.38. The summed E-state index contributed by atoms with van der Waals surface area (Å²) in [5, 5.41) is 3.42. The molecule has 0 spiro atoms. The van der Waals surface area contributed by atoms with Gasteiger partial charge in [-0.2, -0.15) is 0 Å². The van der Waals surface area contributed by atoms with Crippen molar-refractivity contribution >= 4 is 22.8 Å². The molecule has 0 radical (unpaired) electrons. The van der Waals surface area contributed by atoms with Crippen LogP contribution in [0, 0.1) is 5.92 Å². The van der Waals surface area contributed by atoms with Gasteiger partial charge in [-0.3, -0.25) is 9.59 Å². The van der Waals surface area contributed by atoms with E-state index in [0.717, 1.165) is 23.9 Å². The number of carbonyl (C=O) groups excluding carboxylic acids is 2. The highest BCUT2D eigenvalue weighted by molar-refractivity contribution is 5.87. The second-order valence-corrected chi connectivity index (χ2v) is 6.02. The predicted octanol–water partition coefficient (Wildman–Crippen LogP) is 2.36. The van der Waals surface area contributed by atoms with Crippen LogP contribution in [0.5, 0.6) is 5.75 Å². The van der Waals surface area contributed by atoms with Crippen molar-refractivity contribution in [3.8, 4) is 5.75 Å². The molecule has 0 saturated heterocycles. The molecule has 1 N–H and O–H groups in total. The molecule has 6 nitrogen and oxygen atoms in total. The van der Waals surface area contributed by atoms with Gasteiger partial charge in [0.1, 0.15) is 12.3 Å². The van der Waals surface area contributed by atoms with Crippen LogP contribution in [0.3, 0.4) is 0 Å². The maximum atomic E-state index is 11.7. The number of fused-ring (bicyclic) bond motifs is 1. The molecule has 0 fully saturated rings. The molecule has 130 valence electrons. The zero-order valence-corrected chi connectivity index (χ0v) is 14.4. The summed E-state index contributed by atoms with van der Waals surface area (Å²) >= 11 is 0. The Labute approximate surface area is 141 Å². The van der Waals surface area contributed by atoms with Gasteiger partial charge < -0.3 is 19.4 Å². The Morgan fingerprint density at radius 1 is 1.25 bits per heavy atom. The molecular weight excluding hydrogens is 308 g/mol. The number of hydrogen-bond donors (Lipinski definition) is 1. The average Bonchev–Trinajstić information content (AvgIpc) is 2.99. The Hall–Kier alpha value is -2.50. The molecule has 0 unspecified atom stereocenters. The quantitative estimate of drug-likeness (QED) is 0.754. The van der Waals surface area contributed by atoms with Gasteiger partial charge in [0.2, 0.25) is 0 Å². The molecule has 2 rings (SSSR count). The van der Waals surface area contributed by atoms with Crippen molar-refractivity contribution in [2.45, 2.75) is 26.8 Å². The average molecular weight is 332 g/mol. The zero-order valence-electron chi connectivity index (χ0n) is 14.4. The minimum absolute atomic E-state index is 0.146. The Bertz CT molecular complexity index is 706. The fourth-order valence-electron chi connectivity index (χ4n) is 2.35. The summed E-state index contributed by atoms with van der Waals surface area (Å²) < 4.78 is 12.3. The molecule has 2 aromatic rings. The third kappa shape index (κ3) is 4.75. The second-order valence-electron chi connectivity index (χ2n) is 6.02. The molecule has 0 aliphatic carbocycles. The molecule has 0 bridgehead atoms. The lowest BCUT2D eigenvalue weighted by Crippen LogP contribution is -2.33. The Balaban J connectivity index is 1.99. The summed E-state index contributed by atoms with van der Waals surface area (Å²) in [5.41, 5.74) is 1.09. The Morgan fingerprint density at radius 2 is 2.04 bits per heavy atom. The number of hydrogen-bond acceptors (Lipinski definition) is 4. The molecule has 6 heteroatoms. The van der Waals surface area contributed by atoms with Gasteiger partial charge in [-0.1, -0.05) is 19.9 Å². The van der Waals surface area contributed by atoms with Crippen LogP contribution in [0.2, 0.25) is 0 Å². The van der Waals surface area contributed by atoms with Crippen molar-refractivity contribution in [3.05, 3.63) is 30.5 Å². The van der Waals surface area contributed by atoms with Crippen LogP contribution in [0.25, 0.3) is 10.9 Å². The van der Waals surface area contributed by atoms with Gasteiger partial charge in [0, 0.05) is 18.1 Å². The number of esters is 1. The first-order valence-corrected chi connectivity index (χ1v) is 8.05. The zero-order chi connectivity index (χ0) is 17.5. The van der Waals surface area contributed by atoms with Crippen molar-refractivity contribution in [2.24, 2.45) is 5.92 Å². The van der Waals surface area contributed by atoms with Crippen molar-refractivity contribution in [3.63, 3.8) is 0 Å². The lowest BCUT2D eigenvalue weighted by Gasteiger charge is -2.10. The summed E-state index contributed by atoms with van der Waals surface area (Å²) in [6.45, 7) is 5.05. The van der Waals surface area contributed by atoms with E-state index in [0.29, 0.717) is 11.7 Å². The van der Waals surface area contributed by atoms with Gasteiger partial charge in [-0.25, -0.2) is 0 Å². The third-order valence-electron chi connectivity index (χ3n) is 3.74. The highest BCUT2D eigenvalue weighted by Gasteiger charge is 2.10. The number of rotatable bonds is 8. The normalized spacial score (nSPS) is 10.8. The molecule has 24 heavy (non-hydrogen) atoms. The summed E-state index contributed by atoms with van der Waals surface area (Å²) in [7, 11) is 1.27. The third-order valence-corrected chi connectivity index (χ3v) is 3.74. The smallest absolute Gasteiger partial charge is 0.325 e. The number of ether oxygens (including phenoxy) is 2. The number of nitrogens with zero attached hydrogens (tertiary/aromatic N) is 1. The first-order valence-electron chi connectivity index (χ1n) is 8.05. The van der Waals surface area contributed by atoms with E-state index in [1.54, 1.807) is 0 Å².